The number of carbonyl (C=O) groups is 4. The predicted molar refractivity (Wildman–Crippen MR) is 120 cm³/mol. The van der Waals surface area contributed by atoms with Gasteiger partial charge in [-0.3, -0.25) is 23.9 Å². The molecule has 6 atom stereocenters. The summed E-state index contributed by atoms with van der Waals surface area (Å²) >= 11 is 0. The first-order valence-electron chi connectivity index (χ1n) is 12.0. The van der Waals surface area contributed by atoms with E-state index in [1.165, 1.54) is 28.0 Å². The zero-order valence-electron chi connectivity index (χ0n) is 20.3. The average Bonchev–Trinajstić information content (AvgIpc) is 3.38. The standard InChI is InChI=1S/C23H28F3N7O4/c1-22(2)14-10-33(20(36)15(11-32-7-3-5-29-32)31-21(37)23(24,25)26)17(16(14)22)19(35)30-13(9-27)8-12-4-6-28-18(12)34/h3,5,7,12-17H,4,6,8,10-11H2,1-2H3,(H,28,34)(H,30,35)(H,31,37)/t12-,13?,14-,15?,16-,17-/m0/s1. The van der Waals surface area contributed by atoms with E-state index in [2.05, 4.69) is 15.7 Å². The fraction of sp³-hybridized carbons (Fsp3) is 0.652. The van der Waals surface area contributed by atoms with Gasteiger partial charge < -0.3 is 20.9 Å². The molecule has 2 saturated heterocycles. The van der Waals surface area contributed by atoms with E-state index >= 15 is 0 Å². The van der Waals surface area contributed by atoms with Crippen molar-refractivity contribution in [2.45, 2.75) is 57.5 Å². The van der Waals surface area contributed by atoms with Gasteiger partial charge in [0.25, 0.3) is 0 Å². The van der Waals surface area contributed by atoms with Crippen LogP contribution in [0.15, 0.2) is 18.5 Å². The van der Waals surface area contributed by atoms with Crippen molar-refractivity contribution in [3.8, 4) is 6.07 Å². The quantitative estimate of drug-likeness (QED) is 0.435. The Balaban J connectivity index is 1.53. The number of rotatable bonds is 8. The van der Waals surface area contributed by atoms with Gasteiger partial charge in [0.15, 0.2) is 0 Å². The van der Waals surface area contributed by atoms with Crippen LogP contribution in [-0.4, -0.2) is 75.7 Å². The van der Waals surface area contributed by atoms with Crippen LogP contribution in [0.2, 0.25) is 0 Å². The van der Waals surface area contributed by atoms with Gasteiger partial charge in [0.05, 0.1) is 12.6 Å². The molecule has 4 amide bonds. The van der Waals surface area contributed by atoms with E-state index in [0.29, 0.717) is 13.0 Å². The van der Waals surface area contributed by atoms with E-state index in [4.69, 9.17) is 0 Å². The van der Waals surface area contributed by atoms with Crippen molar-refractivity contribution >= 4 is 23.6 Å². The zero-order chi connectivity index (χ0) is 27.1. The van der Waals surface area contributed by atoms with E-state index in [9.17, 15) is 37.6 Å². The molecule has 14 heteroatoms. The van der Waals surface area contributed by atoms with Gasteiger partial charge in [0.2, 0.25) is 17.7 Å². The van der Waals surface area contributed by atoms with Crippen molar-refractivity contribution in [3.63, 3.8) is 0 Å². The van der Waals surface area contributed by atoms with Crippen LogP contribution in [-0.2, 0) is 25.7 Å². The normalized spacial score (nSPS) is 27.5. The van der Waals surface area contributed by atoms with E-state index in [0.717, 1.165) is 0 Å². The van der Waals surface area contributed by atoms with E-state index in [1.54, 1.807) is 5.32 Å². The van der Waals surface area contributed by atoms with Crippen LogP contribution >= 0.6 is 0 Å². The summed E-state index contributed by atoms with van der Waals surface area (Å²) in [5.41, 5.74) is -0.293. The lowest BCUT2D eigenvalue weighted by molar-refractivity contribution is -0.175. The Hall–Kier alpha value is -3.63. The molecule has 4 rings (SSSR count). The molecule has 0 aromatic carbocycles. The minimum Gasteiger partial charge on any atom is -0.356 e. The highest BCUT2D eigenvalue weighted by molar-refractivity contribution is 5.94. The SMILES string of the molecule is CC1(C)[C@@H]2[C@@H](C(=O)NC(C#N)C[C@@H]3CCNC3=O)N(C(=O)C(Cn3cccn3)NC(=O)C(F)(F)F)C[C@@H]21. The Kier molecular flexibility index (Phi) is 6.91. The maximum Gasteiger partial charge on any atom is 0.471 e. The number of nitriles is 1. The molecule has 200 valence electrons. The van der Waals surface area contributed by atoms with Crippen LogP contribution < -0.4 is 16.0 Å². The number of alkyl halides is 3. The molecule has 1 aliphatic carbocycles. The predicted octanol–water partition coefficient (Wildman–Crippen LogP) is -0.0522. The lowest BCUT2D eigenvalue weighted by atomic mass is 9.97. The molecule has 2 unspecified atom stereocenters. The van der Waals surface area contributed by atoms with Crippen molar-refractivity contribution in [1.82, 2.24) is 30.6 Å². The third-order valence-electron chi connectivity index (χ3n) is 7.71. The summed E-state index contributed by atoms with van der Waals surface area (Å²) in [6.45, 7) is 4.10. The number of piperidine rings is 1. The van der Waals surface area contributed by atoms with Crippen molar-refractivity contribution in [2.75, 3.05) is 13.1 Å². The molecule has 0 bridgehead atoms. The highest BCUT2D eigenvalue weighted by Gasteiger charge is 2.69. The van der Waals surface area contributed by atoms with Gasteiger partial charge in [-0.25, -0.2) is 0 Å². The molecule has 0 spiro atoms. The Bertz CT molecular complexity index is 1110. The van der Waals surface area contributed by atoms with E-state index in [1.807, 2.05) is 19.9 Å². The third kappa shape index (κ3) is 5.26. The molecule has 1 aromatic rings. The molecule has 3 N–H and O–H groups in total. The Morgan fingerprint density at radius 1 is 1.32 bits per heavy atom. The number of amides is 4. The molecule has 2 aliphatic heterocycles. The first kappa shape index (κ1) is 26.4. The molecule has 37 heavy (non-hydrogen) atoms. The minimum atomic E-state index is -5.21. The molecule has 1 aromatic heterocycles. The number of hydrogen-bond acceptors (Lipinski definition) is 6. The second kappa shape index (κ2) is 9.68. The monoisotopic (exact) mass is 523 g/mol. The van der Waals surface area contributed by atoms with Crippen LogP contribution in [0.3, 0.4) is 0 Å². The summed E-state index contributed by atoms with van der Waals surface area (Å²) in [4.78, 5) is 51.7. The number of aromatic nitrogens is 2. The Morgan fingerprint density at radius 2 is 2.05 bits per heavy atom. The van der Waals surface area contributed by atoms with E-state index in [-0.39, 0.29) is 42.7 Å². The third-order valence-corrected chi connectivity index (χ3v) is 7.71. The van der Waals surface area contributed by atoms with Crippen molar-refractivity contribution in [3.05, 3.63) is 18.5 Å². The second-order valence-electron chi connectivity index (χ2n) is 10.3. The molecule has 3 fully saturated rings. The van der Waals surface area contributed by atoms with Crippen molar-refractivity contribution < 1.29 is 32.3 Å². The largest absolute Gasteiger partial charge is 0.471 e. The summed E-state index contributed by atoms with van der Waals surface area (Å²) < 4.78 is 40.2. The maximum absolute atomic E-state index is 13.5. The first-order chi connectivity index (χ1) is 17.3. The average molecular weight is 524 g/mol. The van der Waals surface area contributed by atoms with Crippen LogP contribution in [0.4, 0.5) is 13.2 Å². The first-order valence-corrected chi connectivity index (χ1v) is 12.0. The number of carbonyl (C=O) groups excluding carboxylic acids is 4. The van der Waals surface area contributed by atoms with Crippen LogP contribution in [0.1, 0.15) is 26.7 Å². The van der Waals surface area contributed by atoms with Crippen LogP contribution in [0, 0.1) is 34.5 Å². The minimum absolute atomic E-state index is 0.0722. The zero-order valence-corrected chi connectivity index (χ0v) is 20.3. The number of fused-ring (bicyclic) bond motifs is 1. The molecule has 0 radical (unpaired) electrons. The van der Waals surface area contributed by atoms with Crippen LogP contribution in [0.5, 0.6) is 0 Å². The number of hydrogen-bond donors (Lipinski definition) is 3. The van der Waals surface area contributed by atoms with Gasteiger partial charge >= 0.3 is 12.1 Å². The Labute approximate surface area is 210 Å². The molecular weight excluding hydrogens is 495 g/mol. The van der Waals surface area contributed by atoms with Gasteiger partial charge in [0, 0.05) is 31.4 Å². The van der Waals surface area contributed by atoms with Crippen molar-refractivity contribution in [1.29, 1.82) is 5.26 Å². The van der Waals surface area contributed by atoms with Gasteiger partial charge in [-0.05, 0) is 36.2 Å². The number of likely N-dealkylation sites (tertiary alicyclic amines) is 1. The highest BCUT2D eigenvalue weighted by Crippen LogP contribution is 2.64. The lowest BCUT2D eigenvalue weighted by Crippen LogP contribution is -2.58. The fourth-order valence-corrected chi connectivity index (χ4v) is 5.59. The molecule has 1 saturated carbocycles. The van der Waals surface area contributed by atoms with Gasteiger partial charge in [-0.15, -0.1) is 0 Å². The van der Waals surface area contributed by atoms with Gasteiger partial charge in [0.1, 0.15) is 18.1 Å². The summed E-state index contributed by atoms with van der Waals surface area (Å²) in [5, 5.41) is 20.5. The Morgan fingerprint density at radius 3 is 2.62 bits per heavy atom. The molecule has 3 heterocycles. The smallest absolute Gasteiger partial charge is 0.356 e. The van der Waals surface area contributed by atoms with Crippen LogP contribution in [0.25, 0.3) is 0 Å². The second-order valence-corrected chi connectivity index (χ2v) is 10.3. The van der Waals surface area contributed by atoms with Crippen molar-refractivity contribution in [2.24, 2.45) is 23.2 Å². The lowest BCUT2D eigenvalue weighted by Gasteiger charge is -2.33. The molecular formula is C23H28F3N7O4. The summed E-state index contributed by atoms with van der Waals surface area (Å²) in [6, 6.07) is -0.146. The summed E-state index contributed by atoms with van der Waals surface area (Å²) in [5.74, 6) is -4.70. The summed E-state index contributed by atoms with van der Waals surface area (Å²) in [7, 11) is 0. The van der Waals surface area contributed by atoms with Gasteiger partial charge in [-0.1, -0.05) is 13.8 Å². The maximum atomic E-state index is 13.5. The van der Waals surface area contributed by atoms with Gasteiger partial charge in [-0.2, -0.15) is 23.5 Å². The number of halogens is 3. The summed E-state index contributed by atoms with van der Waals surface area (Å²) in [6.07, 6.45) is -1.75. The molecule has 11 nitrogen and oxygen atoms in total. The number of nitrogens with zero attached hydrogens (tertiary/aromatic N) is 4. The topological polar surface area (TPSA) is 149 Å². The number of nitrogens with one attached hydrogen (secondary N) is 3. The molecule has 3 aliphatic rings. The van der Waals surface area contributed by atoms with E-state index < -0.39 is 47.9 Å². The highest BCUT2D eigenvalue weighted by atomic mass is 19.4. The fourth-order valence-electron chi connectivity index (χ4n) is 5.59.